The Morgan fingerprint density at radius 1 is 1.16 bits per heavy atom. The van der Waals surface area contributed by atoms with Crippen molar-refractivity contribution in [2.24, 2.45) is 5.92 Å². The summed E-state index contributed by atoms with van der Waals surface area (Å²) in [6.07, 6.45) is 9.27. The minimum absolute atomic E-state index is 0.0359. The normalized spacial score (nSPS) is 17.5. The maximum Gasteiger partial charge on any atom is 0.438 e. The van der Waals surface area contributed by atoms with E-state index in [1.165, 1.54) is 61.6 Å². The van der Waals surface area contributed by atoms with Crippen LogP contribution in [0.25, 0.3) is 11.3 Å². The topological polar surface area (TPSA) is 92.9 Å². The second kappa shape index (κ2) is 10.2. The number of H-pyrrole nitrogens is 1. The van der Waals surface area contributed by atoms with Gasteiger partial charge in [-0.3, -0.25) is 14.3 Å². The van der Waals surface area contributed by atoms with Crippen LogP contribution >= 0.6 is 0 Å². The van der Waals surface area contributed by atoms with Crippen LogP contribution < -0.4 is 11.1 Å². The predicted molar refractivity (Wildman–Crippen MR) is 150 cm³/mol. The van der Waals surface area contributed by atoms with Gasteiger partial charge in [0.2, 0.25) is 0 Å². The summed E-state index contributed by atoms with van der Waals surface area (Å²) in [4.78, 5) is 27.1. The van der Waals surface area contributed by atoms with E-state index in [1.54, 1.807) is 0 Å². The SMILES string of the molecule is Cc1c(C(=O)NCCc2noc(=O)[nH]2)cc(-c2cc(C(C)(C)C)cc(C3(C)CC3)c2)n1CC1CCCCC1. The van der Waals surface area contributed by atoms with E-state index in [0.717, 1.165) is 17.9 Å². The molecule has 3 aromatic rings. The molecule has 0 aliphatic heterocycles. The summed E-state index contributed by atoms with van der Waals surface area (Å²) < 4.78 is 6.96. The lowest BCUT2D eigenvalue weighted by atomic mass is 9.82. The van der Waals surface area contributed by atoms with Gasteiger partial charge in [0.05, 0.1) is 5.56 Å². The van der Waals surface area contributed by atoms with Gasteiger partial charge < -0.3 is 9.88 Å². The Kier molecular flexibility index (Phi) is 7.14. The first-order valence-corrected chi connectivity index (χ1v) is 14.2. The smallest absolute Gasteiger partial charge is 0.352 e. The predicted octanol–water partition coefficient (Wildman–Crippen LogP) is 6.04. The minimum Gasteiger partial charge on any atom is -0.352 e. The molecule has 38 heavy (non-hydrogen) atoms. The second-order valence-electron chi connectivity index (χ2n) is 12.8. The lowest BCUT2D eigenvalue weighted by molar-refractivity contribution is 0.0953. The van der Waals surface area contributed by atoms with Crippen LogP contribution in [0, 0.1) is 12.8 Å². The van der Waals surface area contributed by atoms with E-state index in [9.17, 15) is 9.59 Å². The number of aromatic nitrogens is 3. The Bertz CT molecular complexity index is 1340. The Labute approximate surface area is 225 Å². The third-order valence-corrected chi connectivity index (χ3v) is 8.70. The molecule has 0 saturated heterocycles. The molecule has 2 N–H and O–H groups in total. The first-order valence-electron chi connectivity index (χ1n) is 14.2. The van der Waals surface area contributed by atoms with Crippen molar-refractivity contribution in [1.29, 1.82) is 0 Å². The Morgan fingerprint density at radius 2 is 1.89 bits per heavy atom. The Hall–Kier alpha value is -3.09. The van der Waals surface area contributed by atoms with Crippen molar-refractivity contribution < 1.29 is 9.32 Å². The fraction of sp³-hybridized carbons (Fsp3) is 0.581. The largest absolute Gasteiger partial charge is 0.438 e. The average molecular weight is 519 g/mol. The summed E-state index contributed by atoms with van der Waals surface area (Å²) in [5.41, 5.74) is 7.12. The molecule has 0 spiro atoms. The van der Waals surface area contributed by atoms with E-state index < -0.39 is 5.76 Å². The van der Waals surface area contributed by atoms with Gasteiger partial charge in [0, 0.05) is 30.9 Å². The lowest BCUT2D eigenvalue weighted by Crippen LogP contribution is -2.26. The zero-order valence-electron chi connectivity index (χ0n) is 23.6. The Balaban J connectivity index is 1.50. The van der Waals surface area contributed by atoms with Crippen LogP contribution in [0.15, 0.2) is 33.6 Å². The van der Waals surface area contributed by atoms with E-state index in [4.69, 9.17) is 0 Å². The average Bonchev–Trinajstić information content (AvgIpc) is 3.37. The van der Waals surface area contributed by atoms with Gasteiger partial charge in [-0.15, -0.1) is 0 Å². The number of carbonyl (C=O) groups excluding carboxylic acids is 1. The molecule has 0 unspecified atom stereocenters. The van der Waals surface area contributed by atoms with Gasteiger partial charge in [0.1, 0.15) is 0 Å². The highest BCUT2D eigenvalue weighted by Gasteiger charge is 2.40. The van der Waals surface area contributed by atoms with E-state index in [1.807, 2.05) is 0 Å². The van der Waals surface area contributed by atoms with Crippen LogP contribution in [0.3, 0.4) is 0 Å². The molecular weight excluding hydrogens is 476 g/mol. The number of amides is 1. The molecule has 1 aromatic carbocycles. The summed E-state index contributed by atoms with van der Waals surface area (Å²) in [5.74, 6) is 0.393. The molecule has 0 radical (unpaired) electrons. The maximum absolute atomic E-state index is 13.4. The molecule has 0 bridgehead atoms. The molecule has 2 fully saturated rings. The third kappa shape index (κ3) is 5.67. The summed E-state index contributed by atoms with van der Waals surface area (Å²) in [5, 5.41) is 6.71. The maximum atomic E-state index is 13.4. The quantitative estimate of drug-likeness (QED) is 0.380. The number of hydrogen-bond acceptors (Lipinski definition) is 4. The summed E-state index contributed by atoms with van der Waals surface area (Å²) in [7, 11) is 0. The molecule has 204 valence electrons. The first-order chi connectivity index (χ1) is 18.0. The summed E-state index contributed by atoms with van der Waals surface area (Å²) >= 11 is 0. The van der Waals surface area contributed by atoms with Crippen molar-refractivity contribution in [2.75, 3.05) is 6.54 Å². The number of benzene rings is 1. The van der Waals surface area contributed by atoms with Crippen LogP contribution in [-0.2, 0) is 23.8 Å². The highest BCUT2D eigenvalue weighted by molar-refractivity contribution is 5.97. The molecule has 2 aromatic heterocycles. The van der Waals surface area contributed by atoms with E-state index in [0.29, 0.717) is 30.3 Å². The van der Waals surface area contributed by atoms with Crippen molar-refractivity contribution in [3.05, 3.63) is 63.0 Å². The fourth-order valence-electron chi connectivity index (χ4n) is 5.77. The monoisotopic (exact) mass is 518 g/mol. The third-order valence-electron chi connectivity index (χ3n) is 8.70. The first kappa shape index (κ1) is 26.5. The number of carbonyl (C=O) groups is 1. The number of hydrogen-bond donors (Lipinski definition) is 2. The molecule has 2 aliphatic carbocycles. The van der Waals surface area contributed by atoms with Gasteiger partial charge in [-0.05, 0) is 84.2 Å². The van der Waals surface area contributed by atoms with Crippen LogP contribution in [0.1, 0.15) is 106 Å². The second-order valence-corrected chi connectivity index (χ2v) is 12.8. The molecule has 0 atom stereocenters. The molecule has 7 nitrogen and oxygen atoms in total. The van der Waals surface area contributed by atoms with Gasteiger partial charge in [-0.2, -0.15) is 0 Å². The molecule has 2 aliphatic rings. The summed E-state index contributed by atoms with van der Waals surface area (Å²) in [6, 6.07) is 9.20. The van der Waals surface area contributed by atoms with Crippen LogP contribution in [0.2, 0.25) is 0 Å². The van der Waals surface area contributed by atoms with E-state index in [-0.39, 0.29) is 16.7 Å². The van der Waals surface area contributed by atoms with Gasteiger partial charge >= 0.3 is 5.76 Å². The van der Waals surface area contributed by atoms with Crippen molar-refractivity contribution >= 4 is 5.91 Å². The van der Waals surface area contributed by atoms with Crippen molar-refractivity contribution in [1.82, 2.24) is 20.0 Å². The Morgan fingerprint density at radius 3 is 2.53 bits per heavy atom. The number of nitrogens with zero attached hydrogens (tertiary/aromatic N) is 2. The van der Waals surface area contributed by atoms with Crippen molar-refractivity contribution in [3.63, 3.8) is 0 Å². The van der Waals surface area contributed by atoms with Crippen molar-refractivity contribution in [2.45, 2.75) is 103 Å². The highest BCUT2D eigenvalue weighted by Crippen LogP contribution is 2.49. The molecule has 7 heteroatoms. The molecule has 2 heterocycles. The molecule has 1 amide bonds. The number of aromatic amines is 1. The van der Waals surface area contributed by atoms with Crippen LogP contribution in [0.5, 0.6) is 0 Å². The number of nitrogens with one attached hydrogen (secondary N) is 2. The minimum atomic E-state index is -0.580. The summed E-state index contributed by atoms with van der Waals surface area (Å²) in [6.45, 7) is 12.6. The highest BCUT2D eigenvalue weighted by atomic mass is 16.5. The van der Waals surface area contributed by atoms with Crippen LogP contribution in [0.4, 0.5) is 0 Å². The molecular formula is C31H42N4O3. The van der Waals surface area contributed by atoms with Crippen LogP contribution in [-0.4, -0.2) is 27.2 Å². The van der Waals surface area contributed by atoms with Gasteiger partial charge in [0.15, 0.2) is 5.82 Å². The zero-order chi connectivity index (χ0) is 27.1. The van der Waals surface area contributed by atoms with Gasteiger partial charge in [0.25, 0.3) is 5.91 Å². The fourth-order valence-corrected chi connectivity index (χ4v) is 5.77. The molecule has 2 saturated carbocycles. The van der Waals surface area contributed by atoms with E-state index >= 15 is 0 Å². The molecule has 5 rings (SSSR count). The lowest BCUT2D eigenvalue weighted by Gasteiger charge is -2.26. The zero-order valence-corrected chi connectivity index (χ0v) is 23.6. The van der Waals surface area contributed by atoms with Gasteiger partial charge in [-0.25, -0.2) is 4.79 Å². The van der Waals surface area contributed by atoms with E-state index in [2.05, 4.69) is 83.4 Å². The van der Waals surface area contributed by atoms with Gasteiger partial charge in [-0.1, -0.05) is 58.2 Å². The standard InChI is InChI=1S/C31H42N4O3/c1-20-25(28(36)32-14-11-27-33-29(37)38-34-27)18-26(35(20)19-21-9-7-6-8-10-21)22-15-23(30(2,3)4)17-24(16-22)31(5)12-13-31/h15-18,21H,6-14,19H2,1-5H3,(H,32,36)(H,33,34,37). The number of rotatable bonds is 8. The van der Waals surface area contributed by atoms with Crippen molar-refractivity contribution in [3.8, 4) is 11.3 Å².